The van der Waals surface area contributed by atoms with Crippen LogP contribution >= 0.6 is 0 Å². The van der Waals surface area contributed by atoms with Gasteiger partial charge in [-0.1, -0.05) is 6.42 Å². The zero-order valence-corrected chi connectivity index (χ0v) is 9.62. The minimum Gasteiger partial charge on any atom is -0.468 e. The molecule has 88 valence electrons. The highest BCUT2D eigenvalue weighted by Crippen LogP contribution is 2.38. The molecule has 1 aliphatic carbocycles. The van der Waals surface area contributed by atoms with Gasteiger partial charge in [-0.2, -0.15) is 5.26 Å². The molecule has 4 nitrogen and oxygen atoms in total. The molecule has 0 radical (unpaired) electrons. The molecule has 1 rings (SSSR count). The van der Waals surface area contributed by atoms with Gasteiger partial charge in [-0.25, -0.2) is 0 Å². The summed E-state index contributed by atoms with van der Waals surface area (Å²) in [7, 11) is 1.32. The Bertz CT molecular complexity index is 309. The van der Waals surface area contributed by atoms with Gasteiger partial charge >= 0.3 is 5.97 Å². The van der Waals surface area contributed by atoms with Crippen molar-refractivity contribution in [3.05, 3.63) is 0 Å². The number of carbonyl (C=O) groups is 2. The molecule has 0 spiro atoms. The SMILES string of the molecule is COC(=O)C1(CCCC#N)CCCCC1=O. The molecule has 0 aromatic rings. The van der Waals surface area contributed by atoms with E-state index in [0.717, 1.165) is 12.8 Å². The number of nitrogens with zero attached hydrogens (tertiary/aromatic N) is 1. The number of hydrogen-bond acceptors (Lipinski definition) is 4. The Morgan fingerprint density at radius 1 is 1.56 bits per heavy atom. The summed E-state index contributed by atoms with van der Waals surface area (Å²) in [5.41, 5.74) is -0.955. The van der Waals surface area contributed by atoms with Crippen LogP contribution in [0.2, 0.25) is 0 Å². The van der Waals surface area contributed by atoms with Crippen molar-refractivity contribution in [2.75, 3.05) is 7.11 Å². The Kier molecular flexibility index (Phi) is 4.48. The van der Waals surface area contributed by atoms with E-state index in [1.54, 1.807) is 0 Å². The Labute approximate surface area is 95.6 Å². The van der Waals surface area contributed by atoms with E-state index in [0.29, 0.717) is 32.1 Å². The van der Waals surface area contributed by atoms with Crippen LogP contribution in [-0.4, -0.2) is 18.9 Å². The number of carbonyl (C=O) groups excluding carboxylic acids is 2. The molecule has 0 bridgehead atoms. The van der Waals surface area contributed by atoms with Crippen molar-refractivity contribution < 1.29 is 14.3 Å². The number of ether oxygens (including phenoxy) is 1. The van der Waals surface area contributed by atoms with E-state index in [2.05, 4.69) is 0 Å². The molecule has 0 aromatic carbocycles. The molecule has 16 heavy (non-hydrogen) atoms. The Balaban J connectivity index is 2.79. The molecule has 0 aromatic heterocycles. The van der Waals surface area contributed by atoms with Gasteiger partial charge in [-0.3, -0.25) is 9.59 Å². The number of ketones is 1. The van der Waals surface area contributed by atoms with Crippen LogP contribution < -0.4 is 0 Å². The number of nitriles is 1. The lowest BCUT2D eigenvalue weighted by molar-refractivity contribution is -0.160. The van der Waals surface area contributed by atoms with Crippen molar-refractivity contribution in [2.45, 2.75) is 44.9 Å². The number of esters is 1. The maximum Gasteiger partial charge on any atom is 0.319 e. The smallest absolute Gasteiger partial charge is 0.319 e. The molecule has 1 unspecified atom stereocenters. The van der Waals surface area contributed by atoms with Crippen molar-refractivity contribution in [3.8, 4) is 6.07 Å². The van der Waals surface area contributed by atoms with Gasteiger partial charge in [0.1, 0.15) is 11.2 Å². The lowest BCUT2D eigenvalue weighted by atomic mass is 9.70. The van der Waals surface area contributed by atoms with Gasteiger partial charge in [-0.05, 0) is 25.7 Å². The minimum atomic E-state index is -0.955. The molecule has 0 saturated heterocycles. The second kappa shape index (κ2) is 5.64. The first-order valence-corrected chi connectivity index (χ1v) is 5.66. The zero-order valence-electron chi connectivity index (χ0n) is 9.62. The molecule has 0 N–H and O–H groups in total. The summed E-state index contributed by atoms with van der Waals surface area (Å²) in [5, 5.41) is 8.49. The predicted octanol–water partition coefficient (Wildman–Crippen LogP) is 1.98. The van der Waals surface area contributed by atoms with Gasteiger partial charge in [-0.15, -0.1) is 0 Å². The van der Waals surface area contributed by atoms with Crippen molar-refractivity contribution in [3.63, 3.8) is 0 Å². The fourth-order valence-corrected chi connectivity index (χ4v) is 2.34. The lowest BCUT2D eigenvalue weighted by Crippen LogP contribution is -2.42. The summed E-state index contributed by atoms with van der Waals surface area (Å²) in [6.45, 7) is 0. The highest BCUT2D eigenvalue weighted by Gasteiger charge is 2.46. The summed E-state index contributed by atoms with van der Waals surface area (Å²) in [4.78, 5) is 23.7. The predicted molar refractivity (Wildman–Crippen MR) is 57.4 cm³/mol. The lowest BCUT2D eigenvalue weighted by Gasteiger charge is -2.32. The summed E-state index contributed by atoms with van der Waals surface area (Å²) in [6.07, 6.45) is 4.18. The highest BCUT2D eigenvalue weighted by molar-refractivity contribution is 6.04. The van der Waals surface area contributed by atoms with Crippen molar-refractivity contribution in [1.29, 1.82) is 5.26 Å². The normalized spacial score (nSPS) is 24.9. The summed E-state index contributed by atoms with van der Waals surface area (Å²) in [6, 6.07) is 2.03. The summed E-state index contributed by atoms with van der Waals surface area (Å²) < 4.78 is 4.75. The monoisotopic (exact) mass is 223 g/mol. The van der Waals surface area contributed by atoms with Crippen molar-refractivity contribution in [2.24, 2.45) is 5.41 Å². The number of rotatable bonds is 4. The zero-order chi connectivity index (χ0) is 12.0. The summed E-state index contributed by atoms with van der Waals surface area (Å²) >= 11 is 0. The summed E-state index contributed by atoms with van der Waals surface area (Å²) in [5.74, 6) is -0.432. The van der Waals surface area contributed by atoms with E-state index in [1.165, 1.54) is 7.11 Å². The number of methoxy groups -OCH3 is 1. The van der Waals surface area contributed by atoms with Crippen LogP contribution in [0, 0.1) is 16.7 Å². The molecule has 1 saturated carbocycles. The van der Waals surface area contributed by atoms with Crippen molar-refractivity contribution in [1.82, 2.24) is 0 Å². The fraction of sp³-hybridized carbons (Fsp3) is 0.750. The third-order valence-electron chi connectivity index (χ3n) is 3.26. The molecule has 4 heteroatoms. The van der Waals surface area contributed by atoms with Crippen LogP contribution in [0.5, 0.6) is 0 Å². The van der Waals surface area contributed by atoms with Crippen LogP contribution in [0.4, 0.5) is 0 Å². The highest BCUT2D eigenvalue weighted by atomic mass is 16.5. The fourth-order valence-electron chi connectivity index (χ4n) is 2.34. The molecule has 0 amide bonds. The molecular formula is C12H17NO3. The molecule has 1 fully saturated rings. The van der Waals surface area contributed by atoms with Gasteiger partial charge in [0.05, 0.1) is 13.2 Å². The first kappa shape index (κ1) is 12.7. The first-order chi connectivity index (χ1) is 7.67. The van der Waals surface area contributed by atoms with Crippen LogP contribution in [-0.2, 0) is 14.3 Å². The van der Waals surface area contributed by atoms with E-state index in [1.807, 2.05) is 6.07 Å². The van der Waals surface area contributed by atoms with Crippen LogP contribution in [0.3, 0.4) is 0 Å². The third-order valence-corrected chi connectivity index (χ3v) is 3.26. The maximum atomic E-state index is 11.9. The van der Waals surface area contributed by atoms with Gasteiger partial charge in [0.15, 0.2) is 0 Å². The first-order valence-electron chi connectivity index (χ1n) is 5.66. The third kappa shape index (κ3) is 2.41. The average Bonchev–Trinajstić information content (AvgIpc) is 2.31. The van der Waals surface area contributed by atoms with E-state index >= 15 is 0 Å². The second-order valence-corrected chi connectivity index (χ2v) is 4.22. The molecular weight excluding hydrogens is 206 g/mol. The molecule has 0 heterocycles. The van der Waals surface area contributed by atoms with Gasteiger partial charge in [0.2, 0.25) is 0 Å². The topological polar surface area (TPSA) is 67.2 Å². The standard InChI is InChI=1S/C12H17NO3/c1-16-11(15)12(8-4-5-9-13)7-3-2-6-10(12)14/h2-8H2,1H3. The minimum absolute atomic E-state index is 0.0106. The molecule has 0 aliphatic heterocycles. The van der Waals surface area contributed by atoms with Gasteiger partial charge in [0.25, 0.3) is 0 Å². The Hall–Kier alpha value is -1.37. The number of Topliss-reactive ketones (excluding diaryl/α,β-unsaturated/α-hetero) is 1. The van der Waals surface area contributed by atoms with Gasteiger partial charge < -0.3 is 4.74 Å². The van der Waals surface area contributed by atoms with Crippen molar-refractivity contribution >= 4 is 11.8 Å². The largest absolute Gasteiger partial charge is 0.468 e. The quantitative estimate of drug-likeness (QED) is 0.415. The Morgan fingerprint density at radius 3 is 2.88 bits per heavy atom. The van der Waals surface area contributed by atoms with E-state index < -0.39 is 11.4 Å². The average molecular weight is 223 g/mol. The Morgan fingerprint density at radius 2 is 2.31 bits per heavy atom. The molecule has 1 atom stereocenters. The van der Waals surface area contributed by atoms with Crippen LogP contribution in [0.25, 0.3) is 0 Å². The van der Waals surface area contributed by atoms with Gasteiger partial charge in [0, 0.05) is 12.8 Å². The second-order valence-electron chi connectivity index (χ2n) is 4.22. The molecule has 1 aliphatic rings. The maximum absolute atomic E-state index is 11.9. The van der Waals surface area contributed by atoms with E-state index in [4.69, 9.17) is 10.00 Å². The number of unbranched alkanes of at least 4 members (excludes halogenated alkanes) is 1. The van der Waals surface area contributed by atoms with Crippen LogP contribution in [0.15, 0.2) is 0 Å². The van der Waals surface area contributed by atoms with E-state index in [-0.39, 0.29) is 5.78 Å². The number of hydrogen-bond donors (Lipinski definition) is 0. The van der Waals surface area contributed by atoms with Crippen LogP contribution in [0.1, 0.15) is 44.9 Å². The van der Waals surface area contributed by atoms with E-state index in [9.17, 15) is 9.59 Å².